The van der Waals surface area contributed by atoms with Crippen LogP contribution in [0.2, 0.25) is 0 Å². The second-order valence-electron chi connectivity index (χ2n) is 6.01. The molecule has 0 aromatic heterocycles. The molecule has 0 spiro atoms. The van der Waals surface area contributed by atoms with Crippen LogP contribution in [0.25, 0.3) is 11.1 Å². The van der Waals surface area contributed by atoms with Gasteiger partial charge in [0.15, 0.2) is 5.75 Å². The first-order valence-electron chi connectivity index (χ1n) is 8.79. The Morgan fingerprint density at radius 2 is 1.62 bits per heavy atom. The van der Waals surface area contributed by atoms with Gasteiger partial charge in [-0.15, -0.1) is 0 Å². The molecule has 1 aliphatic rings. The Kier molecular flexibility index (Phi) is 4.52. The highest BCUT2D eigenvalue weighted by molar-refractivity contribution is 5.80. The van der Waals surface area contributed by atoms with Gasteiger partial charge in [-0.2, -0.15) is 0 Å². The van der Waals surface area contributed by atoms with Crippen molar-refractivity contribution in [3.63, 3.8) is 0 Å². The summed E-state index contributed by atoms with van der Waals surface area (Å²) in [6.45, 7) is 2.95. The summed E-state index contributed by atoms with van der Waals surface area (Å²) < 4.78 is 6.04. The number of aliphatic imine (C=N–C) groups is 1. The average molecular weight is 340 g/mol. The molecule has 0 N–H and O–H groups in total. The molecule has 0 fully saturated rings. The summed E-state index contributed by atoms with van der Waals surface area (Å²) in [5, 5.41) is 0. The smallest absolute Gasteiger partial charge is 0.202 e. The number of benzene rings is 3. The van der Waals surface area contributed by atoms with Crippen LogP contribution in [0.15, 0.2) is 95.8 Å². The summed E-state index contributed by atoms with van der Waals surface area (Å²) in [7, 11) is 0. The van der Waals surface area contributed by atoms with Gasteiger partial charge in [0, 0.05) is 18.8 Å². The van der Waals surface area contributed by atoms with Gasteiger partial charge in [0.05, 0.1) is 11.4 Å². The number of para-hydroxylation sites is 1. The molecule has 0 saturated carbocycles. The highest BCUT2D eigenvalue weighted by Crippen LogP contribution is 2.41. The maximum Gasteiger partial charge on any atom is 0.202 e. The van der Waals surface area contributed by atoms with Crippen molar-refractivity contribution in [2.45, 2.75) is 6.92 Å². The van der Waals surface area contributed by atoms with Crippen molar-refractivity contribution in [2.75, 3.05) is 11.4 Å². The SMILES string of the molecule is CCN1C(=CC=Nc2ccccc2)Oc2ccc(-c3ccccc3)cc21. The lowest BCUT2D eigenvalue weighted by atomic mass is 10.0. The lowest BCUT2D eigenvalue weighted by molar-refractivity contribution is 0.441. The van der Waals surface area contributed by atoms with E-state index >= 15 is 0 Å². The Morgan fingerprint density at radius 3 is 2.35 bits per heavy atom. The fourth-order valence-electron chi connectivity index (χ4n) is 3.06. The molecule has 1 heterocycles. The first-order chi connectivity index (χ1) is 12.8. The minimum Gasteiger partial charge on any atom is -0.439 e. The second kappa shape index (κ2) is 7.28. The van der Waals surface area contributed by atoms with Crippen molar-refractivity contribution < 1.29 is 4.74 Å². The summed E-state index contributed by atoms with van der Waals surface area (Å²) in [6.07, 6.45) is 3.70. The standard InChI is InChI=1S/C23H20N2O/c1-2-25-21-17-19(18-9-5-3-6-10-18)13-14-22(21)26-23(25)15-16-24-20-11-7-4-8-12-20/h3-17H,2H2,1H3. The summed E-state index contributed by atoms with van der Waals surface area (Å²) in [5.41, 5.74) is 4.41. The van der Waals surface area contributed by atoms with Crippen molar-refractivity contribution in [2.24, 2.45) is 4.99 Å². The van der Waals surface area contributed by atoms with E-state index in [1.54, 1.807) is 6.21 Å². The summed E-state index contributed by atoms with van der Waals surface area (Å²) >= 11 is 0. The number of fused-ring (bicyclic) bond motifs is 1. The van der Waals surface area contributed by atoms with Crippen LogP contribution in [-0.2, 0) is 0 Å². The van der Waals surface area contributed by atoms with Gasteiger partial charge in [0.25, 0.3) is 0 Å². The molecule has 4 rings (SSSR count). The minimum atomic E-state index is 0.799. The molecule has 0 aliphatic carbocycles. The fraction of sp³-hybridized carbons (Fsp3) is 0.0870. The molecule has 0 radical (unpaired) electrons. The number of hydrogen-bond acceptors (Lipinski definition) is 3. The molecule has 128 valence electrons. The molecule has 3 aromatic rings. The van der Waals surface area contributed by atoms with E-state index in [1.807, 2.05) is 48.5 Å². The van der Waals surface area contributed by atoms with Crippen molar-refractivity contribution in [3.8, 4) is 16.9 Å². The molecule has 3 aromatic carbocycles. The second-order valence-corrected chi connectivity index (χ2v) is 6.01. The molecular weight excluding hydrogens is 320 g/mol. The van der Waals surface area contributed by atoms with Crippen molar-refractivity contribution in [1.29, 1.82) is 0 Å². The van der Waals surface area contributed by atoms with Crippen molar-refractivity contribution in [3.05, 3.63) is 90.8 Å². The topological polar surface area (TPSA) is 24.8 Å². The molecule has 0 bridgehead atoms. The monoisotopic (exact) mass is 340 g/mol. The van der Waals surface area contributed by atoms with E-state index in [0.29, 0.717) is 0 Å². The molecule has 26 heavy (non-hydrogen) atoms. The Morgan fingerprint density at radius 1 is 0.885 bits per heavy atom. The summed E-state index contributed by atoms with van der Waals surface area (Å²) in [5.74, 6) is 1.68. The van der Waals surface area contributed by atoms with Crippen LogP contribution >= 0.6 is 0 Å². The van der Waals surface area contributed by atoms with Crippen LogP contribution in [0.1, 0.15) is 6.92 Å². The zero-order chi connectivity index (χ0) is 17.8. The van der Waals surface area contributed by atoms with Gasteiger partial charge in [-0.1, -0.05) is 54.6 Å². The number of hydrogen-bond donors (Lipinski definition) is 0. The molecule has 0 amide bonds. The normalized spacial score (nSPS) is 14.7. The lowest BCUT2D eigenvalue weighted by Gasteiger charge is -2.15. The van der Waals surface area contributed by atoms with Crippen LogP contribution in [0.3, 0.4) is 0 Å². The van der Waals surface area contributed by atoms with E-state index in [0.717, 1.165) is 29.6 Å². The van der Waals surface area contributed by atoms with Gasteiger partial charge >= 0.3 is 0 Å². The molecule has 3 heteroatoms. The van der Waals surface area contributed by atoms with E-state index in [9.17, 15) is 0 Å². The number of ether oxygens (including phenoxy) is 1. The van der Waals surface area contributed by atoms with Gasteiger partial charge < -0.3 is 9.64 Å². The summed E-state index contributed by atoms with van der Waals surface area (Å²) in [6, 6.07) is 26.6. The Bertz CT molecular complexity index is 946. The molecule has 0 saturated heterocycles. The van der Waals surface area contributed by atoms with Crippen molar-refractivity contribution in [1.82, 2.24) is 0 Å². The van der Waals surface area contributed by atoms with Crippen LogP contribution < -0.4 is 9.64 Å². The average Bonchev–Trinajstić information content (AvgIpc) is 3.06. The van der Waals surface area contributed by atoms with Crippen LogP contribution in [0.5, 0.6) is 5.75 Å². The summed E-state index contributed by atoms with van der Waals surface area (Å²) in [4.78, 5) is 6.62. The van der Waals surface area contributed by atoms with Gasteiger partial charge in [-0.05, 0) is 42.3 Å². The van der Waals surface area contributed by atoms with E-state index in [2.05, 4.69) is 53.2 Å². The molecule has 0 atom stereocenters. The maximum atomic E-state index is 6.04. The van der Waals surface area contributed by atoms with Crippen LogP contribution in [0, 0.1) is 0 Å². The van der Waals surface area contributed by atoms with Gasteiger partial charge in [0.2, 0.25) is 5.88 Å². The largest absolute Gasteiger partial charge is 0.439 e. The van der Waals surface area contributed by atoms with Gasteiger partial charge in [-0.3, -0.25) is 4.99 Å². The number of rotatable bonds is 4. The number of allylic oxidation sites excluding steroid dienone is 1. The highest BCUT2D eigenvalue weighted by atomic mass is 16.5. The number of anilines is 1. The first kappa shape index (κ1) is 16.2. The molecule has 3 nitrogen and oxygen atoms in total. The van der Waals surface area contributed by atoms with E-state index in [-0.39, 0.29) is 0 Å². The quantitative estimate of drug-likeness (QED) is 0.559. The van der Waals surface area contributed by atoms with E-state index in [1.165, 1.54) is 11.1 Å². The first-order valence-corrected chi connectivity index (χ1v) is 8.79. The van der Waals surface area contributed by atoms with Crippen LogP contribution in [-0.4, -0.2) is 12.8 Å². The third-order valence-electron chi connectivity index (χ3n) is 4.35. The van der Waals surface area contributed by atoms with Crippen LogP contribution in [0.4, 0.5) is 11.4 Å². The highest BCUT2D eigenvalue weighted by Gasteiger charge is 2.25. The van der Waals surface area contributed by atoms with Gasteiger partial charge in [0.1, 0.15) is 0 Å². The molecule has 0 unspecified atom stereocenters. The molecule has 1 aliphatic heterocycles. The van der Waals surface area contributed by atoms with E-state index < -0.39 is 0 Å². The lowest BCUT2D eigenvalue weighted by Crippen LogP contribution is -2.19. The fourth-order valence-corrected chi connectivity index (χ4v) is 3.06. The minimum absolute atomic E-state index is 0.799. The Labute approximate surface area is 153 Å². The zero-order valence-corrected chi connectivity index (χ0v) is 14.7. The Balaban J connectivity index is 1.61. The maximum absolute atomic E-state index is 6.04. The van der Waals surface area contributed by atoms with Crippen molar-refractivity contribution >= 4 is 17.6 Å². The predicted molar refractivity (Wildman–Crippen MR) is 108 cm³/mol. The van der Waals surface area contributed by atoms with Gasteiger partial charge in [-0.25, -0.2) is 0 Å². The Hall–Kier alpha value is -3.33. The predicted octanol–water partition coefficient (Wildman–Crippen LogP) is 5.82. The third kappa shape index (κ3) is 3.24. The number of nitrogens with zero attached hydrogens (tertiary/aromatic N) is 2. The zero-order valence-electron chi connectivity index (χ0n) is 14.7. The van der Waals surface area contributed by atoms with E-state index in [4.69, 9.17) is 4.74 Å². The molecular formula is C23H20N2O. The third-order valence-corrected chi connectivity index (χ3v) is 4.35.